The minimum Gasteiger partial charge on any atom is -0.496 e. The van der Waals surface area contributed by atoms with E-state index >= 15 is 0 Å². The Bertz CT molecular complexity index is 2500. The Morgan fingerprint density at radius 3 is 1.52 bits per heavy atom. The van der Waals surface area contributed by atoms with Crippen LogP contribution in [0.25, 0.3) is 0 Å². The van der Waals surface area contributed by atoms with Crippen molar-refractivity contribution in [3.63, 3.8) is 0 Å². The highest BCUT2D eigenvalue weighted by Gasteiger charge is 2.23. The monoisotopic (exact) mass is 904 g/mol. The number of rotatable bonds is 12. The fraction of sp³-hybridized carbons (Fsp3) is 0.280. The van der Waals surface area contributed by atoms with E-state index in [4.69, 9.17) is 38.3 Å². The van der Waals surface area contributed by atoms with E-state index in [1.807, 2.05) is 6.07 Å². The largest absolute Gasteiger partial charge is 0.496 e. The molecule has 12 nitrogen and oxygen atoms in total. The van der Waals surface area contributed by atoms with E-state index in [0.29, 0.717) is 23.7 Å². The summed E-state index contributed by atoms with van der Waals surface area (Å²) in [6.07, 6.45) is 4.28. The van der Waals surface area contributed by atoms with E-state index in [0.717, 1.165) is 77.1 Å². The van der Waals surface area contributed by atoms with Crippen LogP contribution in [0.3, 0.4) is 0 Å². The van der Waals surface area contributed by atoms with Crippen molar-refractivity contribution in [1.82, 2.24) is 19.8 Å². The number of nitrogens with one attached hydrogen (secondary N) is 1. The molecule has 0 amide bonds. The molecule has 8 rings (SSSR count). The van der Waals surface area contributed by atoms with Gasteiger partial charge in [0, 0.05) is 38.3 Å². The zero-order valence-corrected chi connectivity index (χ0v) is 37.3. The maximum atomic E-state index is 13.7. The van der Waals surface area contributed by atoms with E-state index < -0.39 is 23.2 Å². The van der Waals surface area contributed by atoms with Crippen LogP contribution in [-0.2, 0) is 13.1 Å². The molecule has 15 heteroatoms. The quantitative estimate of drug-likeness (QED) is 0.0683. The number of likely N-dealkylation sites (tertiary alicyclic amines) is 2. The number of anilines is 3. The van der Waals surface area contributed by atoms with Gasteiger partial charge >= 0.3 is 0 Å². The number of nitrogen functional groups attached to an aromatic ring is 2. The third-order valence-electron chi connectivity index (χ3n) is 11.2. The lowest BCUT2D eigenvalue weighted by molar-refractivity contribution is 0.102. The number of nitrogens with two attached hydrogens (primary N) is 3. The number of hydrogen-bond donors (Lipinski definition) is 4. The van der Waals surface area contributed by atoms with Crippen molar-refractivity contribution in [1.29, 1.82) is 0 Å². The number of ether oxygens (including phenoxy) is 2. The van der Waals surface area contributed by atoms with Crippen molar-refractivity contribution in [3.05, 3.63) is 171 Å². The number of hydrogen-bond acceptors (Lipinski definition) is 12. The van der Waals surface area contributed by atoms with Gasteiger partial charge < -0.3 is 32.0 Å². The summed E-state index contributed by atoms with van der Waals surface area (Å²) in [7, 11) is 2.83. The first-order valence-corrected chi connectivity index (χ1v) is 21.8. The summed E-state index contributed by atoms with van der Waals surface area (Å²) in [5.41, 5.74) is 20.9. The molecule has 4 heterocycles. The second-order valence-electron chi connectivity index (χ2n) is 15.8. The molecule has 2 aliphatic rings. The number of pyridine rings is 2. The number of carbonyl (C=O) groups excluding carboxylic acids is 2. The molecule has 6 aromatic rings. The molecule has 0 unspecified atom stereocenters. The molecule has 4 aromatic carbocycles. The van der Waals surface area contributed by atoms with Crippen molar-refractivity contribution in [2.75, 3.05) is 57.2 Å². The van der Waals surface area contributed by atoms with Crippen LogP contribution in [-0.4, -0.2) is 83.8 Å². The highest BCUT2D eigenvalue weighted by Crippen LogP contribution is 2.27. The third kappa shape index (κ3) is 13.8. The Labute approximate surface area is 383 Å². The van der Waals surface area contributed by atoms with Crippen LogP contribution in [0.4, 0.5) is 26.2 Å². The van der Waals surface area contributed by atoms with Gasteiger partial charge in [0.25, 0.3) is 0 Å². The van der Waals surface area contributed by atoms with E-state index in [2.05, 4.69) is 79.7 Å². The minimum absolute atomic E-state index is 0.0104. The van der Waals surface area contributed by atoms with Gasteiger partial charge in [-0.3, -0.25) is 19.4 Å². The zero-order valence-electron chi connectivity index (χ0n) is 36.6. The number of carbonyl (C=O) groups is 2. The normalized spacial score (nSPS) is 14.6. The number of methoxy groups -OCH3 is 2. The Morgan fingerprint density at radius 1 is 0.631 bits per heavy atom. The molecule has 0 bridgehead atoms. The first-order chi connectivity index (χ1) is 31.4. The smallest absolute Gasteiger partial charge is 0.200 e. The summed E-state index contributed by atoms with van der Waals surface area (Å²) < 4.78 is 37.1. The molecule has 7 N–H and O–H groups in total. The van der Waals surface area contributed by atoms with Crippen molar-refractivity contribution in [3.8, 4) is 11.5 Å². The minimum atomic E-state index is -0.537. The topological polar surface area (TPSA) is 175 Å². The van der Waals surface area contributed by atoms with Crippen molar-refractivity contribution in [2.24, 2.45) is 5.73 Å². The first kappa shape index (κ1) is 48.0. The van der Waals surface area contributed by atoms with Gasteiger partial charge in [0.05, 0.1) is 36.5 Å². The van der Waals surface area contributed by atoms with E-state index in [9.17, 15) is 18.4 Å². The summed E-state index contributed by atoms with van der Waals surface area (Å²) in [6, 6.07) is 35.6. The van der Waals surface area contributed by atoms with Crippen molar-refractivity contribution in [2.45, 2.75) is 50.9 Å². The van der Waals surface area contributed by atoms with E-state index in [1.54, 1.807) is 12.1 Å². The molecular formula is C50H55ClF2N8O4. The summed E-state index contributed by atoms with van der Waals surface area (Å²) in [5, 5.41) is 3.61. The number of halogens is 3. The Hall–Kier alpha value is -6.45. The summed E-state index contributed by atoms with van der Waals surface area (Å²) in [4.78, 5) is 38.3. The number of aromatic nitrogens is 2. The molecule has 2 saturated heterocycles. The van der Waals surface area contributed by atoms with Gasteiger partial charge in [0.2, 0.25) is 11.6 Å². The third-order valence-corrected chi connectivity index (χ3v) is 11.4. The van der Waals surface area contributed by atoms with Crippen LogP contribution in [0.2, 0.25) is 5.15 Å². The number of nitrogens with zero attached hydrogens (tertiary/aromatic N) is 4. The average molecular weight is 905 g/mol. The fourth-order valence-corrected chi connectivity index (χ4v) is 7.79. The van der Waals surface area contributed by atoms with Gasteiger partial charge in [-0.05, 0) is 111 Å². The van der Waals surface area contributed by atoms with Crippen LogP contribution >= 0.6 is 11.6 Å². The summed E-state index contributed by atoms with van der Waals surface area (Å²) in [6.45, 7) is 6.33. The SMILES string of the molecule is COc1ccc(F)cc1C(=O)c1ccc(Cl)nc1N.COc1ccc(F)cc1C(=O)c1ccc(NC2CCN(Cc3ccccc3)CC2)nc1N.NC1CCN(Cc2ccccc2)CC1. The predicted molar refractivity (Wildman–Crippen MR) is 252 cm³/mol. The molecule has 0 atom stereocenters. The number of piperidine rings is 2. The number of ketones is 2. The highest BCUT2D eigenvalue weighted by atomic mass is 35.5. The molecule has 2 fully saturated rings. The molecular weight excluding hydrogens is 850 g/mol. The van der Waals surface area contributed by atoms with Crippen LogP contribution in [0.1, 0.15) is 68.7 Å². The molecule has 340 valence electrons. The van der Waals surface area contributed by atoms with Crippen LogP contribution in [0.15, 0.2) is 121 Å². The zero-order chi connectivity index (χ0) is 46.3. The molecule has 0 aliphatic carbocycles. The Kier molecular flexibility index (Phi) is 17.3. The summed E-state index contributed by atoms with van der Waals surface area (Å²) in [5.74, 6) is -0.670. The fourth-order valence-electron chi connectivity index (χ4n) is 7.63. The van der Waals surface area contributed by atoms with Crippen LogP contribution in [0.5, 0.6) is 11.5 Å². The lowest BCUT2D eigenvalue weighted by atomic mass is 10.0. The molecule has 2 aliphatic heterocycles. The van der Waals surface area contributed by atoms with E-state index in [-0.39, 0.29) is 44.8 Å². The second-order valence-corrected chi connectivity index (χ2v) is 16.2. The first-order valence-electron chi connectivity index (χ1n) is 21.4. The number of benzene rings is 4. The van der Waals surface area contributed by atoms with Crippen LogP contribution < -0.4 is 32.0 Å². The highest BCUT2D eigenvalue weighted by molar-refractivity contribution is 6.29. The molecule has 0 saturated carbocycles. The lowest BCUT2D eigenvalue weighted by Crippen LogP contribution is -2.39. The standard InChI is InChI=1S/C25H27FN4O2.C13H10ClFN2O2.C12H18N2/c1-32-22-9-7-18(26)15-21(22)24(31)20-8-10-23(29-25(20)27)28-19-11-13-30(14-12-19)16-17-5-3-2-4-6-17;1-19-10-4-2-7(15)6-9(10)12(18)8-3-5-11(14)17-13(8)16;13-12-6-8-14(9-7-12)10-11-4-2-1-3-5-11/h2-10,15,19H,11-14,16H2,1H3,(H3,27,28,29);2-6H,1H3,(H2,16,17);1-5,12H,6-10,13H2. The molecule has 0 spiro atoms. The lowest BCUT2D eigenvalue weighted by Gasteiger charge is -2.32. The van der Waals surface area contributed by atoms with Gasteiger partial charge in [0.1, 0.15) is 45.7 Å². The van der Waals surface area contributed by atoms with Gasteiger partial charge in [-0.15, -0.1) is 0 Å². The second kappa shape index (κ2) is 23.5. The van der Waals surface area contributed by atoms with Crippen molar-refractivity contribution < 1.29 is 27.8 Å². The molecule has 2 aromatic heterocycles. The average Bonchev–Trinajstić information content (AvgIpc) is 3.31. The van der Waals surface area contributed by atoms with Crippen LogP contribution in [0, 0.1) is 11.6 Å². The van der Waals surface area contributed by atoms with Gasteiger partial charge in [-0.25, -0.2) is 18.7 Å². The molecule has 65 heavy (non-hydrogen) atoms. The van der Waals surface area contributed by atoms with Crippen molar-refractivity contribution >= 4 is 40.6 Å². The van der Waals surface area contributed by atoms with Gasteiger partial charge in [-0.2, -0.15) is 0 Å². The summed E-state index contributed by atoms with van der Waals surface area (Å²) >= 11 is 5.66. The van der Waals surface area contributed by atoms with E-state index in [1.165, 1.54) is 61.7 Å². The van der Waals surface area contributed by atoms with Gasteiger partial charge in [0.15, 0.2) is 0 Å². The Morgan fingerprint density at radius 2 is 1.08 bits per heavy atom. The maximum Gasteiger partial charge on any atom is 0.200 e. The molecule has 0 radical (unpaired) electrons. The predicted octanol–water partition coefficient (Wildman–Crippen LogP) is 8.42. The maximum absolute atomic E-state index is 13.7. The Balaban J connectivity index is 0.000000179. The van der Waals surface area contributed by atoms with Gasteiger partial charge in [-0.1, -0.05) is 72.3 Å².